The molecule has 0 radical (unpaired) electrons. The van der Waals surface area contributed by atoms with Gasteiger partial charge in [0.1, 0.15) is 0 Å². The molecule has 2 aliphatic heterocycles. The van der Waals surface area contributed by atoms with Crippen molar-refractivity contribution in [2.75, 3.05) is 0 Å². The minimum atomic E-state index is -0.227. The zero-order valence-electron chi connectivity index (χ0n) is 9.07. The Kier molecular flexibility index (Phi) is 1.91. The Labute approximate surface area is 90.4 Å². The van der Waals surface area contributed by atoms with Gasteiger partial charge in [-0.1, -0.05) is 29.8 Å². The van der Waals surface area contributed by atoms with E-state index in [9.17, 15) is 0 Å². The third-order valence-corrected chi connectivity index (χ3v) is 3.80. The highest BCUT2D eigenvalue weighted by Crippen LogP contribution is 2.45. The highest BCUT2D eigenvalue weighted by molar-refractivity contribution is 5.32. The van der Waals surface area contributed by atoms with E-state index >= 15 is 0 Å². The van der Waals surface area contributed by atoms with Crippen LogP contribution in [0.5, 0.6) is 0 Å². The summed E-state index contributed by atoms with van der Waals surface area (Å²) in [6.07, 6.45) is 3.94. The number of hydrogen-bond donors (Lipinski definition) is 1. The minimum absolute atomic E-state index is 0.227. The normalized spacial score (nSPS) is 38.5. The average Bonchev–Trinajstić information content (AvgIpc) is 2.78. The zero-order chi connectivity index (χ0) is 10.5. The molecule has 2 bridgehead atoms. The van der Waals surface area contributed by atoms with Crippen LogP contribution in [0.3, 0.4) is 0 Å². The molecular weight excluding hydrogens is 186 g/mol. The fourth-order valence-corrected chi connectivity index (χ4v) is 2.98. The first-order valence-corrected chi connectivity index (χ1v) is 5.70. The van der Waals surface area contributed by atoms with E-state index in [1.54, 1.807) is 0 Å². The number of hydrogen-bond acceptors (Lipinski definition) is 2. The van der Waals surface area contributed by atoms with Crippen LogP contribution in [0.25, 0.3) is 0 Å². The summed E-state index contributed by atoms with van der Waals surface area (Å²) in [5.74, 6) is 0. The molecule has 3 atom stereocenters. The summed E-state index contributed by atoms with van der Waals surface area (Å²) >= 11 is 0. The zero-order valence-corrected chi connectivity index (χ0v) is 9.07. The molecule has 1 aromatic rings. The molecule has 3 rings (SSSR count). The highest BCUT2D eigenvalue weighted by atomic mass is 16.5. The van der Waals surface area contributed by atoms with Crippen LogP contribution in [-0.2, 0) is 10.3 Å². The van der Waals surface area contributed by atoms with Gasteiger partial charge < -0.3 is 10.5 Å². The van der Waals surface area contributed by atoms with Crippen molar-refractivity contribution in [3.8, 4) is 0 Å². The minimum Gasteiger partial charge on any atom is -0.373 e. The molecule has 1 aromatic carbocycles. The maximum Gasteiger partial charge on any atom is 0.0802 e. The van der Waals surface area contributed by atoms with Crippen LogP contribution in [0.4, 0.5) is 0 Å². The Bertz CT molecular complexity index is 390. The molecule has 0 aliphatic carbocycles. The van der Waals surface area contributed by atoms with Gasteiger partial charge in [0, 0.05) is 0 Å². The molecule has 2 heteroatoms. The third-order valence-electron chi connectivity index (χ3n) is 3.80. The van der Waals surface area contributed by atoms with E-state index in [4.69, 9.17) is 10.5 Å². The van der Waals surface area contributed by atoms with Crippen LogP contribution < -0.4 is 5.73 Å². The first kappa shape index (κ1) is 9.37. The largest absolute Gasteiger partial charge is 0.373 e. The maximum absolute atomic E-state index is 6.51. The molecule has 2 aliphatic rings. The van der Waals surface area contributed by atoms with Crippen molar-refractivity contribution in [2.24, 2.45) is 5.73 Å². The third kappa shape index (κ3) is 1.32. The Hall–Kier alpha value is -0.860. The van der Waals surface area contributed by atoms with Crippen LogP contribution in [-0.4, -0.2) is 12.2 Å². The number of ether oxygens (including phenoxy) is 1. The van der Waals surface area contributed by atoms with Gasteiger partial charge in [0.25, 0.3) is 0 Å². The summed E-state index contributed by atoms with van der Waals surface area (Å²) in [6, 6.07) is 8.54. The first-order valence-electron chi connectivity index (χ1n) is 5.70. The maximum atomic E-state index is 6.51. The smallest absolute Gasteiger partial charge is 0.0802 e. The van der Waals surface area contributed by atoms with E-state index < -0.39 is 0 Å². The van der Waals surface area contributed by atoms with Crippen LogP contribution in [0.1, 0.15) is 30.4 Å². The van der Waals surface area contributed by atoms with E-state index in [1.165, 1.54) is 17.5 Å². The molecule has 2 saturated heterocycles. The lowest BCUT2D eigenvalue weighted by molar-refractivity contribution is 0.0853. The van der Waals surface area contributed by atoms with Gasteiger partial charge in [0.15, 0.2) is 0 Å². The molecule has 2 nitrogen and oxygen atoms in total. The lowest BCUT2D eigenvalue weighted by Gasteiger charge is -2.31. The van der Waals surface area contributed by atoms with E-state index in [0.717, 1.165) is 12.8 Å². The number of rotatable bonds is 1. The summed E-state index contributed by atoms with van der Waals surface area (Å²) in [6.45, 7) is 2.11. The summed E-state index contributed by atoms with van der Waals surface area (Å²) in [5, 5.41) is 0. The van der Waals surface area contributed by atoms with Gasteiger partial charge in [-0.25, -0.2) is 0 Å². The lowest BCUT2D eigenvalue weighted by atomic mass is 9.77. The molecule has 0 amide bonds. The molecule has 2 heterocycles. The molecule has 2 N–H and O–H groups in total. The predicted molar refractivity (Wildman–Crippen MR) is 59.6 cm³/mol. The van der Waals surface area contributed by atoms with Crippen molar-refractivity contribution >= 4 is 0 Å². The van der Waals surface area contributed by atoms with Crippen LogP contribution in [0.2, 0.25) is 0 Å². The van der Waals surface area contributed by atoms with Crippen LogP contribution in [0, 0.1) is 6.92 Å². The molecule has 2 fully saturated rings. The van der Waals surface area contributed by atoms with Gasteiger partial charge in [-0.15, -0.1) is 0 Å². The first-order chi connectivity index (χ1) is 7.18. The second-order valence-electron chi connectivity index (χ2n) is 4.94. The summed E-state index contributed by atoms with van der Waals surface area (Å²) in [7, 11) is 0. The Morgan fingerprint density at radius 1 is 1.40 bits per heavy atom. The van der Waals surface area contributed by atoms with Gasteiger partial charge >= 0.3 is 0 Å². The molecule has 80 valence electrons. The summed E-state index contributed by atoms with van der Waals surface area (Å²) in [4.78, 5) is 0. The second kappa shape index (κ2) is 3.06. The molecule has 15 heavy (non-hydrogen) atoms. The summed E-state index contributed by atoms with van der Waals surface area (Å²) < 4.78 is 5.86. The van der Waals surface area contributed by atoms with Crippen LogP contribution in [0.15, 0.2) is 24.3 Å². The van der Waals surface area contributed by atoms with Crippen molar-refractivity contribution in [2.45, 2.75) is 43.9 Å². The fraction of sp³-hybridized carbons (Fsp3) is 0.538. The number of fused-ring (bicyclic) bond motifs is 2. The topological polar surface area (TPSA) is 35.2 Å². The van der Waals surface area contributed by atoms with Gasteiger partial charge in [-0.05, 0) is 31.7 Å². The number of aryl methyl sites for hydroxylation is 1. The molecular formula is C13H17NO. The standard InChI is InChI=1S/C13H17NO/c1-9-3-2-4-10(7-9)13(14)8-11-5-6-12(13)15-11/h2-4,7,11-12H,5-6,8,14H2,1H3. The SMILES string of the molecule is Cc1cccc(C2(N)CC3CCC2O3)c1. The highest BCUT2D eigenvalue weighted by Gasteiger charge is 2.50. The quantitative estimate of drug-likeness (QED) is 0.758. The van der Waals surface area contributed by atoms with Crippen molar-refractivity contribution < 1.29 is 4.74 Å². The molecule has 0 spiro atoms. The van der Waals surface area contributed by atoms with E-state index in [-0.39, 0.29) is 11.6 Å². The Morgan fingerprint density at radius 3 is 2.87 bits per heavy atom. The van der Waals surface area contributed by atoms with Crippen molar-refractivity contribution in [1.82, 2.24) is 0 Å². The van der Waals surface area contributed by atoms with Gasteiger partial charge in [0.05, 0.1) is 17.7 Å². The van der Waals surface area contributed by atoms with Crippen molar-refractivity contribution in [1.29, 1.82) is 0 Å². The van der Waals surface area contributed by atoms with Gasteiger partial charge in [-0.3, -0.25) is 0 Å². The average molecular weight is 203 g/mol. The van der Waals surface area contributed by atoms with Gasteiger partial charge in [0.2, 0.25) is 0 Å². The van der Waals surface area contributed by atoms with Crippen molar-refractivity contribution in [3.05, 3.63) is 35.4 Å². The molecule has 0 saturated carbocycles. The van der Waals surface area contributed by atoms with E-state index in [2.05, 4.69) is 31.2 Å². The molecule has 0 aromatic heterocycles. The van der Waals surface area contributed by atoms with E-state index in [1.807, 2.05) is 0 Å². The summed E-state index contributed by atoms with van der Waals surface area (Å²) in [5.41, 5.74) is 8.81. The molecule has 3 unspecified atom stereocenters. The number of benzene rings is 1. The Balaban J connectivity index is 2.00. The van der Waals surface area contributed by atoms with E-state index in [0.29, 0.717) is 6.10 Å². The Morgan fingerprint density at radius 2 is 2.27 bits per heavy atom. The second-order valence-corrected chi connectivity index (χ2v) is 4.94. The van der Waals surface area contributed by atoms with Crippen molar-refractivity contribution in [3.63, 3.8) is 0 Å². The predicted octanol–water partition coefficient (Wildman–Crippen LogP) is 2.10. The van der Waals surface area contributed by atoms with Crippen LogP contribution >= 0.6 is 0 Å². The number of nitrogens with two attached hydrogens (primary N) is 1. The fourth-order valence-electron chi connectivity index (χ4n) is 2.98. The van der Waals surface area contributed by atoms with Gasteiger partial charge in [-0.2, -0.15) is 0 Å². The lowest BCUT2D eigenvalue weighted by Crippen LogP contribution is -2.45. The monoisotopic (exact) mass is 203 g/mol.